The van der Waals surface area contributed by atoms with Gasteiger partial charge < -0.3 is 15.8 Å². The molecule has 0 saturated carbocycles. The Labute approximate surface area is 102 Å². The Morgan fingerprint density at radius 3 is 2.72 bits per heavy atom. The number of nitrogens with two attached hydrogens (primary N) is 1. The zero-order valence-electron chi connectivity index (χ0n) is 9.65. The summed E-state index contributed by atoms with van der Waals surface area (Å²) in [6.45, 7) is -1.60. The number of anilines is 1. The smallest absolute Gasteiger partial charge is 0.296 e. The highest BCUT2D eigenvalue weighted by Crippen LogP contribution is 2.29. The molecular formula is C10H13F2N3O3. The fraction of sp³-hybridized carbons (Fsp3) is 0.400. The third-order valence-corrected chi connectivity index (χ3v) is 2.24. The molecule has 0 bridgehead atoms. The number of alkyl halides is 2. The van der Waals surface area contributed by atoms with Gasteiger partial charge in [-0.3, -0.25) is 10.1 Å². The molecule has 0 saturated heterocycles. The maximum atomic E-state index is 12.9. The van der Waals surface area contributed by atoms with Gasteiger partial charge in [-0.1, -0.05) is 0 Å². The Balaban J connectivity index is 2.91. The van der Waals surface area contributed by atoms with Gasteiger partial charge in [0.05, 0.1) is 31.2 Å². The molecule has 8 heteroatoms. The van der Waals surface area contributed by atoms with Crippen molar-refractivity contribution in [1.82, 2.24) is 0 Å². The van der Waals surface area contributed by atoms with Crippen molar-refractivity contribution in [2.24, 2.45) is 5.73 Å². The van der Waals surface area contributed by atoms with Crippen LogP contribution in [0.1, 0.15) is 0 Å². The van der Waals surface area contributed by atoms with Crippen molar-refractivity contribution >= 4 is 11.4 Å². The van der Waals surface area contributed by atoms with E-state index in [1.54, 1.807) is 0 Å². The average molecular weight is 261 g/mol. The predicted octanol–water partition coefficient (Wildman–Crippen LogP) is 1.61. The van der Waals surface area contributed by atoms with Gasteiger partial charge >= 0.3 is 0 Å². The lowest BCUT2D eigenvalue weighted by molar-refractivity contribution is -0.384. The summed E-state index contributed by atoms with van der Waals surface area (Å²) in [6.07, 6.45) is 0. The van der Waals surface area contributed by atoms with Crippen molar-refractivity contribution in [2.45, 2.75) is 5.92 Å². The number of nitro groups is 1. The first kappa shape index (κ1) is 14.1. The van der Waals surface area contributed by atoms with Gasteiger partial charge in [-0.15, -0.1) is 0 Å². The van der Waals surface area contributed by atoms with E-state index < -0.39 is 23.9 Å². The molecule has 0 atom stereocenters. The Kier molecular flexibility index (Phi) is 4.38. The van der Waals surface area contributed by atoms with Gasteiger partial charge in [0.25, 0.3) is 11.6 Å². The zero-order chi connectivity index (χ0) is 13.8. The van der Waals surface area contributed by atoms with Crippen LogP contribution in [0.3, 0.4) is 0 Å². The third-order valence-electron chi connectivity index (χ3n) is 2.24. The van der Waals surface area contributed by atoms with Crippen molar-refractivity contribution in [3.63, 3.8) is 0 Å². The monoisotopic (exact) mass is 261 g/mol. The van der Waals surface area contributed by atoms with Crippen molar-refractivity contribution in [2.75, 3.05) is 25.5 Å². The first-order valence-electron chi connectivity index (χ1n) is 5.04. The van der Waals surface area contributed by atoms with Gasteiger partial charge in [-0.05, 0) is 12.1 Å². The number of benzene rings is 1. The maximum Gasteiger partial charge on any atom is 0.296 e. The maximum absolute atomic E-state index is 12.9. The van der Waals surface area contributed by atoms with Crippen LogP contribution in [0.4, 0.5) is 20.2 Å². The van der Waals surface area contributed by atoms with Gasteiger partial charge in [0.15, 0.2) is 0 Å². The van der Waals surface area contributed by atoms with E-state index in [2.05, 4.69) is 5.32 Å². The molecule has 6 nitrogen and oxygen atoms in total. The lowest BCUT2D eigenvalue weighted by atomic mass is 10.2. The van der Waals surface area contributed by atoms with E-state index in [1.165, 1.54) is 19.2 Å². The SMILES string of the molecule is COc1ccc(NCC(F)(F)CN)c([N+](=O)[O-])c1. The highest BCUT2D eigenvalue weighted by atomic mass is 19.3. The molecule has 0 aliphatic rings. The molecule has 0 aromatic heterocycles. The van der Waals surface area contributed by atoms with Crippen LogP contribution in [0.15, 0.2) is 18.2 Å². The van der Waals surface area contributed by atoms with Gasteiger partial charge in [0.2, 0.25) is 0 Å². The highest BCUT2D eigenvalue weighted by Gasteiger charge is 2.27. The summed E-state index contributed by atoms with van der Waals surface area (Å²) in [5, 5.41) is 13.1. The second-order valence-electron chi connectivity index (χ2n) is 3.55. The van der Waals surface area contributed by atoms with Crippen LogP contribution >= 0.6 is 0 Å². The van der Waals surface area contributed by atoms with Gasteiger partial charge in [0.1, 0.15) is 11.4 Å². The van der Waals surface area contributed by atoms with Crippen molar-refractivity contribution in [3.8, 4) is 5.75 Å². The normalized spacial score (nSPS) is 11.1. The van der Waals surface area contributed by atoms with Crippen LogP contribution in [0.2, 0.25) is 0 Å². The molecule has 0 spiro atoms. The predicted molar refractivity (Wildman–Crippen MR) is 62.1 cm³/mol. The Morgan fingerprint density at radius 1 is 1.56 bits per heavy atom. The fourth-order valence-electron chi connectivity index (χ4n) is 1.24. The molecule has 1 rings (SSSR count). The minimum atomic E-state index is -3.12. The molecule has 0 aliphatic heterocycles. The number of hydrogen-bond acceptors (Lipinski definition) is 5. The van der Waals surface area contributed by atoms with Crippen LogP contribution in [-0.4, -0.2) is 31.0 Å². The molecule has 100 valence electrons. The first-order chi connectivity index (χ1) is 8.39. The van der Waals surface area contributed by atoms with E-state index in [1.807, 2.05) is 0 Å². The molecule has 0 unspecified atom stereocenters. The lowest BCUT2D eigenvalue weighted by Crippen LogP contribution is -2.35. The molecule has 18 heavy (non-hydrogen) atoms. The average Bonchev–Trinajstić information content (AvgIpc) is 2.36. The molecule has 0 fully saturated rings. The lowest BCUT2D eigenvalue weighted by Gasteiger charge is -2.15. The quantitative estimate of drug-likeness (QED) is 0.599. The third kappa shape index (κ3) is 3.52. The Hall–Kier alpha value is -1.96. The van der Waals surface area contributed by atoms with Gasteiger partial charge in [-0.25, -0.2) is 8.78 Å². The number of ether oxygens (including phenoxy) is 1. The van der Waals surface area contributed by atoms with Gasteiger partial charge in [0, 0.05) is 0 Å². The van der Waals surface area contributed by atoms with Crippen molar-refractivity contribution in [1.29, 1.82) is 0 Å². The number of nitrogens with one attached hydrogen (secondary N) is 1. The Bertz CT molecular complexity index is 440. The summed E-state index contributed by atoms with van der Waals surface area (Å²) in [4.78, 5) is 10.1. The molecule has 3 N–H and O–H groups in total. The first-order valence-corrected chi connectivity index (χ1v) is 5.04. The second-order valence-corrected chi connectivity index (χ2v) is 3.55. The Morgan fingerprint density at radius 2 is 2.22 bits per heavy atom. The van der Waals surface area contributed by atoms with Crippen LogP contribution in [0.5, 0.6) is 5.75 Å². The van der Waals surface area contributed by atoms with E-state index in [0.29, 0.717) is 0 Å². The summed E-state index contributed by atoms with van der Waals surface area (Å²) in [5.41, 5.74) is 4.53. The standard InChI is InChI=1S/C10H13F2N3O3/c1-18-7-2-3-8(9(4-7)15(16)17)14-6-10(11,12)5-13/h2-4,14H,5-6,13H2,1H3. The number of nitro benzene ring substituents is 1. The summed E-state index contributed by atoms with van der Waals surface area (Å²) in [6, 6.07) is 3.91. The van der Waals surface area contributed by atoms with Crippen LogP contribution in [0, 0.1) is 10.1 Å². The van der Waals surface area contributed by atoms with Crippen LogP contribution in [0.25, 0.3) is 0 Å². The zero-order valence-corrected chi connectivity index (χ0v) is 9.65. The number of hydrogen-bond donors (Lipinski definition) is 2. The number of methoxy groups -OCH3 is 1. The number of halogens is 2. The molecule has 0 aliphatic carbocycles. The highest BCUT2D eigenvalue weighted by molar-refractivity contribution is 5.64. The van der Waals surface area contributed by atoms with E-state index in [9.17, 15) is 18.9 Å². The largest absolute Gasteiger partial charge is 0.496 e. The molecule has 1 aromatic rings. The molecule has 0 radical (unpaired) electrons. The van der Waals surface area contributed by atoms with E-state index in [4.69, 9.17) is 10.5 Å². The van der Waals surface area contributed by atoms with E-state index in [0.717, 1.165) is 6.07 Å². The molecular weight excluding hydrogens is 248 g/mol. The summed E-state index contributed by atoms with van der Waals surface area (Å²) in [7, 11) is 1.36. The topological polar surface area (TPSA) is 90.4 Å². The number of nitrogens with zero attached hydrogens (tertiary/aromatic N) is 1. The van der Waals surface area contributed by atoms with Gasteiger partial charge in [-0.2, -0.15) is 0 Å². The van der Waals surface area contributed by atoms with Crippen molar-refractivity contribution < 1.29 is 18.4 Å². The fourth-order valence-corrected chi connectivity index (χ4v) is 1.24. The van der Waals surface area contributed by atoms with E-state index >= 15 is 0 Å². The molecule has 1 aromatic carbocycles. The summed E-state index contributed by atoms with van der Waals surface area (Å²) in [5.74, 6) is -2.84. The van der Waals surface area contributed by atoms with E-state index in [-0.39, 0.29) is 17.1 Å². The summed E-state index contributed by atoms with van der Waals surface area (Å²) >= 11 is 0. The van der Waals surface area contributed by atoms with Crippen molar-refractivity contribution in [3.05, 3.63) is 28.3 Å². The van der Waals surface area contributed by atoms with Crippen LogP contribution < -0.4 is 15.8 Å². The molecule has 0 heterocycles. The number of rotatable bonds is 6. The minimum Gasteiger partial charge on any atom is -0.496 e. The van der Waals surface area contributed by atoms with Crippen LogP contribution in [-0.2, 0) is 0 Å². The molecule has 0 amide bonds. The second kappa shape index (κ2) is 5.58. The summed E-state index contributed by atoms with van der Waals surface area (Å²) < 4.78 is 30.7. The minimum absolute atomic E-state index is 0.00562.